The maximum Gasteiger partial charge on any atom is 0.137 e. The third-order valence-corrected chi connectivity index (χ3v) is 4.42. The van der Waals surface area contributed by atoms with Crippen LogP contribution in [-0.4, -0.2) is 31.8 Å². The van der Waals surface area contributed by atoms with Crippen molar-refractivity contribution in [2.24, 2.45) is 0 Å². The minimum absolute atomic E-state index is 0.166. The van der Waals surface area contributed by atoms with Crippen LogP contribution in [0.4, 0.5) is 5.69 Å². The molecule has 0 spiro atoms. The second-order valence-electron chi connectivity index (χ2n) is 5.59. The van der Waals surface area contributed by atoms with Crippen molar-refractivity contribution in [3.05, 3.63) is 23.2 Å². The van der Waals surface area contributed by atoms with E-state index in [4.69, 9.17) is 16.3 Å². The largest absolute Gasteiger partial charge is 0.495 e. The fourth-order valence-electron chi connectivity index (χ4n) is 2.51. The monoisotopic (exact) mass is 282 g/mol. The van der Waals surface area contributed by atoms with Crippen LogP contribution >= 0.6 is 11.6 Å². The highest BCUT2D eigenvalue weighted by Gasteiger charge is 2.32. The van der Waals surface area contributed by atoms with E-state index in [9.17, 15) is 0 Å². The van der Waals surface area contributed by atoms with Crippen molar-refractivity contribution in [2.45, 2.75) is 38.8 Å². The molecule has 19 heavy (non-hydrogen) atoms. The zero-order valence-corrected chi connectivity index (χ0v) is 12.9. The topological polar surface area (TPSA) is 24.5 Å². The van der Waals surface area contributed by atoms with Gasteiger partial charge in [-0.3, -0.25) is 0 Å². The molecule has 0 aromatic heterocycles. The molecular weight excluding hydrogens is 260 g/mol. The van der Waals surface area contributed by atoms with Gasteiger partial charge in [0.25, 0.3) is 0 Å². The van der Waals surface area contributed by atoms with Crippen molar-refractivity contribution in [1.29, 1.82) is 0 Å². The normalized spacial score (nSPS) is 27.4. The Kier molecular flexibility index (Phi) is 4.26. The Hall–Kier alpha value is -0.930. The molecule has 1 N–H and O–H groups in total. The fourth-order valence-corrected chi connectivity index (χ4v) is 2.76. The van der Waals surface area contributed by atoms with E-state index in [1.165, 1.54) is 5.69 Å². The number of hydrogen-bond acceptors (Lipinski definition) is 3. The lowest BCUT2D eigenvalue weighted by Gasteiger charge is -2.46. The molecule has 2 unspecified atom stereocenters. The van der Waals surface area contributed by atoms with Crippen molar-refractivity contribution >= 4 is 17.3 Å². The standard InChI is InChI=1S/C15H23ClN2O/c1-5-15(3)10-18(11(2)9-17-15)12-6-7-14(19-4)13(16)8-12/h6-8,11,17H,5,9-10H2,1-4H3. The summed E-state index contributed by atoms with van der Waals surface area (Å²) in [5, 5.41) is 4.30. The van der Waals surface area contributed by atoms with Gasteiger partial charge < -0.3 is 15.0 Å². The number of anilines is 1. The van der Waals surface area contributed by atoms with E-state index in [1.807, 2.05) is 12.1 Å². The van der Waals surface area contributed by atoms with Gasteiger partial charge in [-0.2, -0.15) is 0 Å². The van der Waals surface area contributed by atoms with E-state index in [0.29, 0.717) is 11.1 Å². The van der Waals surface area contributed by atoms with Gasteiger partial charge in [0.15, 0.2) is 0 Å². The number of hydrogen-bond donors (Lipinski definition) is 1. The Labute approximate surface area is 120 Å². The van der Waals surface area contributed by atoms with Crippen LogP contribution in [0.25, 0.3) is 0 Å². The van der Waals surface area contributed by atoms with Gasteiger partial charge in [0.2, 0.25) is 0 Å². The number of nitrogens with one attached hydrogen (secondary N) is 1. The summed E-state index contributed by atoms with van der Waals surface area (Å²) in [6.07, 6.45) is 1.11. The molecule has 0 saturated carbocycles. The molecule has 1 fully saturated rings. The average Bonchev–Trinajstić information content (AvgIpc) is 2.42. The maximum atomic E-state index is 6.23. The summed E-state index contributed by atoms with van der Waals surface area (Å²) in [5.41, 5.74) is 1.33. The second-order valence-corrected chi connectivity index (χ2v) is 6.00. The Bertz CT molecular complexity index is 452. The first-order chi connectivity index (χ1) is 8.99. The minimum Gasteiger partial charge on any atom is -0.495 e. The van der Waals surface area contributed by atoms with Gasteiger partial charge in [-0.15, -0.1) is 0 Å². The number of ether oxygens (including phenoxy) is 1. The molecule has 1 aliphatic rings. The summed E-state index contributed by atoms with van der Waals surface area (Å²) in [7, 11) is 1.64. The predicted octanol–water partition coefficient (Wildman–Crippen LogP) is 3.32. The third-order valence-electron chi connectivity index (χ3n) is 4.12. The number of benzene rings is 1. The Morgan fingerprint density at radius 3 is 2.84 bits per heavy atom. The molecule has 0 aliphatic carbocycles. The highest BCUT2D eigenvalue weighted by molar-refractivity contribution is 6.32. The van der Waals surface area contributed by atoms with Crippen molar-refractivity contribution < 1.29 is 4.74 Å². The van der Waals surface area contributed by atoms with Crippen LogP contribution in [0.2, 0.25) is 5.02 Å². The number of piperazine rings is 1. The van der Waals surface area contributed by atoms with Gasteiger partial charge in [0.05, 0.1) is 12.1 Å². The van der Waals surface area contributed by atoms with E-state index in [2.05, 4.69) is 37.1 Å². The van der Waals surface area contributed by atoms with Crippen LogP contribution in [-0.2, 0) is 0 Å². The molecule has 2 atom stereocenters. The maximum absolute atomic E-state index is 6.23. The first-order valence-corrected chi connectivity index (χ1v) is 7.22. The highest BCUT2D eigenvalue weighted by Crippen LogP contribution is 2.32. The van der Waals surface area contributed by atoms with E-state index in [-0.39, 0.29) is 5.54 Å². The van der Waals surface area contributed by atoms with Crippen LogP contribution in [0.5, 0.6) is 5.75 Å². The van der Waals surface area contributed by atoms with Crippen LogP contribution < -0.4 is 15.0 Å². The average molecular weight is 283 g/mol. The number of nitrogens with zero attached hydrogens (tertiary/aromatic N) is 1. The quantitative estimate of drug-likeness (QED) is 0.920. The molecule has 106 valence electrons. The molecule has 1 aromatic rings. The van der Waals surface area contributed by atoms with Crippen molar-refractivity contribution in [3.63, 3.8) is 0 Å². The third kappa shape index (κ3) is 2.98. The number of halogens is 1. The summed E-state index contributed by atoms with van der Waals surface area (Å²) in [6, 6.07) is 6.49. The molecule has 4 heteroatoms. The van der Waals surface area contributed by atoms with Gasteiger partial charge in [-0.05, 0) is 38.5 Å². The molecule has 0 radical (unpaired) electrons. The first kappa shape index (κ1) is 14.5. The summed E-state index contributed by atoms with van der Waals surface area (Å²) >= 11 is 6.23. The van der Waals surface area contributed by atoms with Gasteiger partial charge in [0.1, 0.15) is 5.75 Å². The molecule has 1 saturated heterocycles. The lowest BCUT2D eigenvalue weighted by molar-refractivity contribution is 0.285. The molecule has 1 aromatic carbocycles. The van der Waals surface area contributed by atoms with Crippen LogP contribution in [0.15, 0.2) is 18.2 Å². The predicted molar refractivity (Wildman–Crippen MR) is 81.5 cm³/mol. The highest BCUT2D eigenvalue weighted by atomic mass is 35.5. The second kappa shape index (κ2) is 5.59. The van der Waals surface area contributed by atoms with Gasteiger partial charge >= 0.3 is 0 Å². The van der Waals surface area contributed by atoms with Crippen LogP contribution in [0.3, 0.4) is 0 Å². The fraction of sp³-hybridized carbons (Fsp3) is 0.600. The summed E-state index contributed by atoms with van der Waals surface area (Å²) < 4.78 is 5.21. The van der Waals surface area contributed by atoms with Crippen molar-refractivity contribution in [3.8, 4) is 5.75 Å². The molecular formula is C15H23ClN2O. The number of rotatable bonds is 3. The Balaban J connectivity index is 2.26. The SMILES string of the molecule is CCC1(C)CN(c2ccc(OC)c(Cl)c2)C(C)CN1. The lowest BCUT2D eigenvalue weighted by Crippen LogP contribution is -2.62. The Morgan fingerprint density at radius 1 is 1.53 bits per heavy atom. The Morgan fingerprint density at radius 2 is 2.26 bits per heavy atom. The smallest absolute Gasteiger partial charge is 0.137 e. The molecule has 0 amide bonds. The van der Waals surface area contributed by atoms with Crippen LogP contribution in [0.1, 0.15) is 27.2 Å². The van der Waals surface area contributed by atoms with Crippen LogP contribution in [0, 0.1) is 0 Å². The molecule has 1 heterocycles. The molecule has 3 nitrogen and oxygen atoms in total. The first-order valence-electron chi connectivity index (χ1n) is 6.84. The molecule has 0 bridgehead atoms. The lowest BCUT2D eigenvalue weighted by atomic mass is 9.93. The zero-order chi connectivity index (χ0) is 14.0. The van der Waals surface area contributed by atoms with Gasteiger partial charge in [-0.1, -0.05) is 18.5 Å². The van der Waals surface area contributed by atoms with Gasteiger partial charge in [-0.25, -0.2) is 0 Å². The van der Waals surface area contributed by atoms with E-state index in [1.54, 1.807) is 7.11 Å². The summed E-state index contributed by atoms with van der Waals surface area (Å²) in [4.78, 5) is 2.42. The van der Waals surface area contributed by atoms with Gasteiger partial charge in [0, 0.05) is 30.4 Å². The summed E-state index contributed by atoms with van der Waals surface area (Å²) in [6.45, 7) is 8.72. The number of methoxy groups -OCH3 is 1. The van der Waals surface area contributed by atoms with E-state index < -0.39 is 0 Å². The van der Waals surface area contributed by atoms with Crippen molar-refractivity contribution in [2.75, 3.05) is 25.1 Å². The van der Waals surface area contributed by atoms with E-state index in [0.717, 1.165) is 25.3 Å². The minimum atomic E-state index is 0.166. The van der Waals surface area contributed by atoms with E-state index >= 15 is 0 Å². The molecule has 1 aliphatic heterocycles. The molecule has 2 rings (SSSR count). The van der Waals surface area contributed by atoms with Crippen molar-refractivity contribution in [1.82, 2.24) is 5.32 Å². The summed E-state index contributed by atoms with van der Waals surface area (Å²) in [5.74, 6) is 0.728. The zero-order valence-electron chi connectivity index (χ0n) is 12.2.